The number of aryl methyl sites for hydroxylation is 2. The molecule has 6 heteroatoms. The monoisotopic (exact) mass is 370 g/mol. The largest absolute Gasteiger partial charge is 0.497 e. The third-order valence-electron chi connectivity index (χ3n) is 4.22. The Morgan fingerprint density at radius 1 is 1.19 bits per heavy atom. The third kappa shape index (κ3) is 3.58. The first-order valence-corrected chi connectivity index (χ1v) is 8.52. The summed E-state index contributed by atoms with van der Waals surface area (Å²) in [5.41, 5.74) is 3.62. The Labute approximate surface area is 156 Å². The molecule has 5 nitrogen and oxygen atoms in total. The number of nitrogens with one attached hydrogen (secondary N) is 1. The maximum atomic E-state index is 12.8. The van der Waals surface area contributed by atoms with Crippen LogP contribution < -0.4 is 10.1 Å². The predicted molar refractivity (Wildman–Crippen MR) is 101 cm³/mol. The van der Waals surface area contributed by atoms with Crippen molar-refractivity contribution in [3.63, 3.8) is 0 Å². The van der Waals surface area contributed by atoms with E-state index in [-0.39, 0.29) is 5.91 Å². The smallest absolute Gasteiger partial charge is 0.257 e. The zero-order valence-electron chi connectivity index (χ0n) is 14.8. The van der Waals surface area contributed by atoms with Gasteiger partial charge in [-0.3, -0.25) is 4.79 Å². The van der Waals surface area contributed by atoms with Crippen LogP contribution in [0, 0.1) is 13.8 Å². The first-order valence-electron chi connectivity index (χ1n) is 8.14. The summed E-state index contributed by atoms with van der Waals surface area (Å²) in [6.07, 6.45) is 0. The average Bonchev–Trinajstić information content (AvgIpc) is 3.03. The van der Waals surface area contributed by atoms with Crippen LogP contribution in [0.5, 0.6) is 5.75 Å². The summed E-state index contributed by atoms with van der Waals surface area (Å²) in [5, 5.41) is 7.49. The molecular formula is C20H19ClN2O3. The van der Waals surface area contributed by atoms with Crippen LogP contribution in [0.4, 0.5) is 0 Å². The third-order valence-corrected chi connectivity index (χ3v) is 4.57. The van der Waals surface area contributed by atoms with Gasteiger partial charge in [0.05, 0.1) is 12.8 Å². The van der Waals surface area contributed by atoms with E-state index in [2.05, 4.69) is 10.5 Å². The van der Waals surface area contributed by atoms with Crippen molar-refractivity contribution in [2.45, 2.75) is 20.4 Å². The van der Waals surface area contributed by atoms with Crippen molar-refractivity contribution in [2.24, 2.45) is 0 Å². The molecule has 0 unspecified atom stereocenters. The molecular weight excluding hydrogens is 352 g/mol. The molecule has 1 N–H and O–H groups in total. The minimum atomic E-state index is -0.256. The fraction of sp³-hybridized carbons (Fsp3) is 0.200. The van der Waals surface area contributed by atoms with Gasteiger partial charge >= 0.3 is 0 Å². The lowest BCUT2D eigenvalue weighted by Gasteiger charge is -2.10. The highest BCUT2D eigenvalue weighted by Gasteiger charge is 2.22. The molecule has 3 aromatic rings. The van der Waals surface area contributed by atoms with Gasteiger partial charge in [0.15, 0.2) is 5.76 Å². The highest BCUT2D eigenvalue weighted by molar-refractivity contribution is 6.31. The van der Waals surface area contributed by atoms with Gasteiger partial charge in [-0.15, -0.1) is 0 Å². The number of amides is 1. The molecule has 0 aliphatic heterocycles. The molecule has 1 aromatic heterocycles. The maximum absolute atomic E-state index is 12.8. The van der Waals surface area contributed by atoms with Gasteiger partial charge in [-0.2, -0.15) is 0 Å². The number of ether oxygens (including phenoxy) is 1. The Hall–Kier alpha value is -2.79. The summed E-state index contributed by atoms with van der Waals surface area (Å²) in [5.74, 6) is 0.901. The number of carbonyl (C=O) groups is 1. The summed E-state index contributed by atoms with van der Waals surface area (Å²) in [4.78, 5) is 12.8. The van der Waals surface area contributed by atoms with Crippen molar-refractivity contribution < 1.29 is 14.1 Å². The van der Waals surface area contributed by atoms with Gasteiger partial charge in [-0.05, 0) is 55.3 Å². The summed E-state index contributed by atoms with van der Waals surface area (Å²) in [6.45, 7) is 4.03. The summed E-state index contributed by atoms with van der Waals surface area (Å²) < 4.78 is 10.6. The van der Waals surface area contributed by atoms with E-state index in [1.807, 2.05) is 49.4 Å². The number of carbonyl (C=O) groups excluding carboxylic acids is 1. The van der Waals surface area contributed by atoms with E-state index in [0.717, 1.165) is 22.4 Å². The molecule has 0 saturated carbocycles. The maximum Gasteiger partial charge on any atom is 0.257 e. The Balaban J connectivity index is 1.84. The number of hydrogen-bond acceptors (Lipinski definition) is 4. The molecule has 0 fully saturated rings. The highest BCUT2D eigenvalue weighted by Crippen LogP contribution is 2.28. The molecule has 0 bridgehead atoms. The van der Waals surface area contributed by atoms with Gasteiger partial charge < -0.3 is 14.6 Å². The topological polar surface area (TPSA) is 64.4 Å². The molecule has 0 saturated heterocycles. The van der Waals surface area contributed by atoms with Crippen molar-refractivity contribution in [2.75, 3.05) is 7.11 Å². The van der Waals surface area contributed by atoms with Crippen molar-refractivity contribution in [1.29, 1.82) is 0 Å². The average molecular weight is 371 g/mol. The van der Waals surface area contributed by atoms with Crippen LogP contribution in [0.15, 0.2) is 47.0 Å². The van der Waals surface area contributed by atoms with E-state index in [4.69, 9.17) is 20.9 Å². The fourth-order valence-electron chi connectivity index (χ4n) is 2.72. The zero-order chi connectivity index (χ0) is 18.7. The molecule has 134 valence electrons. The van der Waals surface area contributed by atoms with Gasteiger partial charge in [0.2, 0.25) is 0 Å². The van der Waals surface area contributed by atoms with Crippen LogP contribution in [0.3, 0.4) is 0 Å². The molecule has 1 heterocycles. The van der Waals surface area contributed by atoms with E-state index < -0.39 is 0 Å². The molecule has 0 aliphatic carbocycles. The van der Waals surface area contributed by atoms with Crippen LogP contribution in [0.2, 0.25) is 5.02 Å². The number of aromatic nitrogens is 1. The predicted octanol–water partition coefficient (Wildman–Crippen LogP) is 4.55. The van der Waals surface area contributed by atoms with Crippen LogP contribution in [-0.4, -0.2) is 18.2 Å². The Bertz CT molecular complexity index is 912. The van der Waals surface area contributed by atoms with Crippen LogP contribution in [-0.2, 0) is 6.54 Å². The second kappa shape index (κ2) is 7.62. The number of nitrogens with zero attached hydrogens (tertiary/aromatic N) is 1. The molecule has 3 rings (SSSR count). The van der Waals surface area contributed by atoms with Crippen molar-refractivity contribution >= 4 is 17.5 Å². The molecule has 1 amide bonds. The van der Waals surface area contributed by atoms with Gasteiger partial charge in [0.25, 0.3) is 5.91 Å². The van der Waals surface area contributed by atoms with Crippen molar-refractivity contribution in [3.05, 3.63) is 69.9 Å². The highest BCUT2D eigenvalue weighted by atomic mass is 35.5. The quantitative estimate of drug-likeness (QED) is 0.715. The first-order chi connectivity index (χ1) is 12.5. The van der Waals surface area contributed by atoms with Crippen LogP contribution in [0.25, 0.3) is 11.3 Å². The van der Waals surface area contributed by atoms with Crippen LogP contribution >= 0.6 is 11.6 Å². The Morgan fingerprint density at radius 2 is 1.92 bits per heavy atom. The van der Waals surface area contributed by atoms with E-state index >= 15 is 0 Å². The normalized spacial score (nSPS) is 10.6. The molecule has 0 radical (unpaired) electrons. The van der Waals surface area contributed by atoms with Gasteiger partial charge in [-0.25, -0.2) is 0 Å². The number of rotatable bonds is 5. The lowest BCUT2D eigenvalue weighted by molar-refractivity contribution is 0.0950. The summed E-state index contributed by atoms with van der Waals surface area (Å²) in [7, 11) is 1.60. The Morgan fingerprint density at radius 3 is 2.58 bits per heavy atom. The number of benzene rings is 2. The lowest BCUT2D eigenvalue weighted by Crippen LogP contribution is -2.24. The molecule has 2 aromatic carbocycles. The van der Waals surface area contributed by atoms with Crippen molar-refractivity contribution in [3.8, 4) is 17.1 Å². The van der Waals surface area contributed by atoms with E-state index in [9.17, 15) is 4.79 Å². The Kier molecular flexibility index (Phi) is 5.28. The van der Waals surface area contributed by atoms with Gasteiger partial charge in [0.1, 0.15) is 11.3 Å². The first kappa shape index (κ1) is 18.0. The van der Waals surface area contributed by atoms with Crippen molar-refractivity contribution in [1.82, 2.24) is 10.5 Å². The van der Waals surface area contributed by atoms with E-state index in [0.29, 0.717) is 28.6 Å². The molecule has 0 atom stereocenters. The lowest BCUT2D eigenvalue weighted by atomic mass is 10.1. The second-order valence-electron chi connectivity index (χ2n) is 5.92. The van der Waals surface area contributed by atoms with Crippen LogP contribution in [0.1, 0.15) is 27.2 Å². The summed E-state index contributed by atoms with van der Waals surface area (Å²) >= 11 is 6.23. The number of hydrogen-bond donors (Lipinski definition) is 1. The summed E-state index contributed by atoms with van der Waals surface area (Å²) in [6, 6.07) is 12.9. The fourth-order valence-corrected chi connectivity index (χ4v) is 3.01. The number of halogens is 1. The second-order valence-corrected chi connectivity index (χ2v) is 6.33. The minimum Gasteiger partial charge on any atom is -0.497 e. The van der Waals surface area contributed by atoms with Gasteiger partial charge in [-0.1, -0.05) is 28.9 Å². The van der Waals surface area contributed by atoms with Gasteiger partial charge in [0, 0.05) is 17.1 Å². The standard InChI is InChI=1S/C20H19ClN2O3/c1-12-5-4-6-17(21)16(12)11-22-20(24)18-13(2)23-26-19(18)14-7-9-15(25-3)10-8-14/h4-10H,11H2,1-3H3,(H,22,24). The minimum absolute atomic E-state index is 0.256. The number of methoxy groups -OCH3 is 1. The van der Waals surface area contributed by atoms with E-state index in [1.54, 1.807) is 14.0 Å². The molecule has 0 aliphatic rings. The SMILES string of the molecule is COc1ccc(-c2onc(C)c2C(=O)NCc2c(C)cccc2Cl)cc1. The zero-order valence-corrected chi connectivity index (χ0v) is 15.6. The molecule has 0 spiro atoms. The molecule has 26 heavy (non-hydrogen) atoms. The van der Waals surface area contributed by atoms with E-state index in [1.165, 1.54) is 0 Å².